The molecule has 1 fully saturated rings. The quantitative estimate of drug-likeness (QED) is 0.764. The van der Waals surface area contributed by atoms with Gasteiger partial charge in [-0.15, -0.1) is 0 Å². The highest BCUT2D eigenvalue weighted by molar-refractivity contribution is 7.89. The number of benzene rings is 1. The number of sulfonamides is 1. The van der Waals surface area contributed by atoms with Crippen LogP contribution in [0, 0.1) is 6.92 Å². The zero-order valence-corrected chi connectivity index (χ0v) is 15.2. The Kier molecular flexibility index (Phi) is 6.77. The highest BCUT2D eigenvalue weighted by Crippen LogP contribution is 2.24. The summed E-state index contributed by atoms with van der Waals surface area (Å²) in [6.07, 6.45) is 3.36. The highest BCUT2D eigenvalue weighted by Gasteiger charge is 2.26. The molecule has 7 heteroatoms. The summed E-state index contributed by atoms with van der Waals surface area (Å²) >= 11 is 0. The van der Waals surface area contributed by atoms with Crippen molar-refractivity contribution in [3.8, 4) is 0 Å². The van der Waals surface area contributed by atoms with E-state index in [0.29, 0.717) is 38.4 Å². The van der Waals surface area contributed by atoms with Gasteiger partial charge in [0.2, 0.25) is 15.9 Å². The van der Waals surface area contributed by atoms with E-state index in [9.17, 15) is 13.2 Å². The van der Waals surface area contributed by atoms with Crippen LogP contribution in [0.25, 0.3) is 0 Å². The minimum atomic E-state index is -3.56. The maximum Gasteiger partial charge on any atom is 0.243 e. The third kappa shape index (κ3) is 4.78. The first kappa shape index (κ1) is 18.9. The van der Waals surface area contributed by atoms with Crippen molar-refractivity contribution in [2.75, 3.05) is 31.6 Å². The topological polar surface area (TPSA) is 75.7 Å². The molecule has 1 N–H and O–H groups in total. The summed E-state index contributed by atoms with van der Waals surface area (Å²) in [6.45, 7) is 5.47. The fourth-order valence-corrected chi connectivity index (χ4v) is 4.02. The van der Waals surface area contributed by atoms with Crippen LogP contribution < -0.4 is 5.32 Å². The molecule has 0 aromatic heterocycles. The average Bonchev–Trinajstić information content (AvgIpc) is 2.58. The van der Waals surface area contributed by atoms with E-state index >= 15 is 0 Å². The van der Waals surface area contributed by atoms with Crippen LogP contribution in [0.1, 0.15) is 38.2 Å². The molecule has 6 nitrogen and oxygen atoms in total. The Morgan fingerprint density at radius 1 is 1.25 bits per heavy atom. The number of rotatable bonds is 7. The van der Waals surface area contributed by atoms with E-state index in [0.717, 1.165) is 24.8 Å². The van der Waals surface area contributed by atoms with Gasteiger partial charge < -0.3 is 10.1 Å². The standard InChI is InChI=1S/C17H26N2O4S/c1-3-4-5-6-17(20)18-16-13-15(8-7-14(16)2)24(21,22)19-9-11-23-12-10-19/h7-8,13H,3-6,9-12H2,1-2H3,(H,18,20). The Bertz CT molecular complexity index is 667. The molecule has 0 atom stereocenters. The van der Waals surface area contributed by atoms with Crippen molar-refractivity contribution in [1.29, 1.82) is 0 Å². The minimum absolute atomic E-state index is 0.0764. The number of nitrogens with zero attached hydrogens (tertiary/aromatic N) is 1. The molecule has 0 aliphatic carbocycles. The molecule has 1 heterocycles. The van der Waals surface area contributed by atoms with E-state index in [4.69, 9.17) is 4.74 Å². The number of hydrogen-bond acceptors (Lipinski definition) is 4. The predicted octanol–water partition coefficient (Wildman–Crippen LogP) is 2.53. The van der Waals surface area contributed by atoms with Gasteiger partial charge in [-0.2, -0.15) is 4.31 Å². The molecule has 1 saturated heterocycles. The maximum absolute atomic E-state index is 12.7. The van der Waals surface area contributed by atoms with E-state index in [1.54, 1.807) is 18.2 Å². The van der Waals surface area contributed by atoms with Crippen LogP contribution in [0.2, 0.25) is 0 Å². The number of aryl methyl sites for hydroxylation is 1. The van der Waals surface area contributed by atoms with Crippen LogP contribution in [-0.2, 0) is 19.6 Å². The van der Waals surface area contributed by atoms with E-state index < -0.39 is 10.0 Å². The summed E-state index contributed by atoms with van der Waals surface area (Å²) in [7, 11) is -3.56. The van der Waals surface area contributed by atoms with Crippen LogP contribution in [0.4, 0.5) is 5.69 Å². The molecule has 2 rings (SSSR count). The van der Waals surface area contributed by atoms with Gasteiger partial charge in [-0.25, -0.2) is 8.42 Å². The monoisotopic (exact) mass is 354 g/mol. The SMILES string of the molecule is CCCCCC(=O)Nc1cc(S(=O)(=O)N2CCOCC2)ccc1C. The number of amides is 1. The van der Waals surface area contributed by atoms with Crippen molar-refractivity contribution in [3.05, 3.63) is 23.8 Å². The molecule has 1 aliphatic heterocycles. The number of carbonyl (C=O) groups is 1. The van der Waals surface area contributed by atoms with Gasteiger partial charge in [0.25, 0.3) is 0 Å². The Morgan fingerprint density at radius 2 is 1.96 bits per heavy atom. The average molecular weight is 354 g/mol. The van der Waals surface area contributed by atoms with Gasteiger partial charge >= 0.3 is 0 Å². The summed E-state index contributed by atoms with van der Waals surface area (Å²) in [5.41, 5.74) is 1.41. The fourth-order valence-electron chi connectivity index (χ4n) is 2.58. The summed E-state index contributed by atoms with van der Waals surface area (Å²) in [5, 5.41) is 2.84. The van der Waals surface area contributed by atoms with Gasteiger partial charge in [0.15, 0.2) is 0 Å². The molecule has 1 amide bonds. The first-order chi connectivity index (χ1) is 11.4. The first-order valence-corrected chi connectivity index (χ1v) is 9.87. The van der Waals surface area contributed by atoms with E-state index in [1.165, 1.54) is 4.31 Å². The number of anilines is 1. The van der Waals surface area contributed by atoms with Crippen LogP contribution in [0.15, 0.2) is 23.1 Å². The zero-order valence-electron chi connectivity index (χ0n) is 14.4. The number of carbonyl (C=O) groups excluding carboxylic acids is 1. The summed E-state index contributed by atoms with van der Waals surface area (Å²) < 4.78 is 32.0. The van der Waals surface area contributed by atoms with E-state index in [-0.39, 0.29) is 10.8 Å². The van der Waals surface area contributed by atoms with Gasteiger partial charge in [-0.3, -0.25) is 4.79 Å². The molecule has 0 bridgehead atoms. The van der Waals surface area contributed by atoms with Crippen molar-refractivity contribution < 1.29 is 17.9 Å². The lowest BCUT2D eigenvalue weighted by Gasteiger charge is -2.26. The smallest absolute Gasteiger partial charge is 0.243 e. The normalized spacial score (nSPS) is 16.1. The molecular weight excluding hydrogens is 328 g/mol. The van der Waals surface area contributed by atoms with Crippen molar-refractivity contribution in [3.63, 3.8) is 0 Å². The maximum atomic E-state index is 12.7. The Balaban J connectivity index is 2.14. The van der Waals surface area contributed by atoms with Crippen molar-refractivity contribution in [1.82, 2.24) is 4.31 Å². The van der Waals surface area contributed by atoms with Gasteiger partial charge in [0, 0.05) is 25.2 Å². The molecule has 24 heavy (non-hydrogen) atoms. The number of unbranched alkanes of at least 4 members (excludes halogenated alkanes) is 2. The second-order valence-corrected chi connectivity index (χ2v) is 7.94. The summed E-state index contributed by atoms with van der Waals surface area (Å²) in [6, 6.07) is 4.87. The number of ether oxygens (including phenoxy) is 1. The number of morpholine rings is 1. The van der Waals surface area contributed by atoms with Crippen molar-refractivity contribution >= 4 is 21.6 Å². The fraction of sp³-hybridized carbons (Fsp3) is 0.588. The Hall–Kier alpha value is -1.44. The van der Waals surface area contributed by atoms with Crippen molar-refractivity contribution in [2.24, 2.45) is 0 Å². The molecule has 1 aromatic rings. The highest BCUT2D eigenvalue weighted by atomic mass is 32.2. The minimum Gasteiger partial charge on any atom is -0.379 e. The third-order valence-corrected chi connectivity index (χ3v) is 5.99. The number of hydrogen-bond donors (Lipinski definition) is 1. The van der Waals surface area contributed by atoms with Crippen LogP contribution in [0.3, 0.4) is 0 Å². The summed E-state index contributed by atoms with van der Waals surface area (Å²) in [5.74, 6) is -0.0764. The predicted molar refractivity (Wildman–Crippen MR) is 93.5 cm³/mol. The molecule has 0 saturated carbocycles. The van der Waals surface area contributed by atoms with E-state index in [1.807, 2.05) is 6.92 Å². The zero-order chi connectivity index (χ0) is 17.6. The lowest BCUT2D eigenvalue weighted by Crippen LogP contribution is -2.40. The number of nitrogens with one attached hydrogen (secondary N) is 1. The van der Waals surface area contributed by atoms with Crippen molar-refractivity contribution in [2.45, 2.75) is 44.4 Å². The molecule has 0 spiro atoms. The largest absolute Gasteiger partial charge is 0.379 e. The second-order valence-electron chi connectivity index (χ2n) is 6.00. The van der Waals surface area contributed by atoms with Gasteiger partial charge in [-0.1, -0.05) is 25.8 Å². The van der Waals surface area contributed by atoms with Gasteiger partial charge in [0.05, 0.1) is 18.1 Å². The van der Waals surface area contributed by atoms with Crippen LogP contribution >= 0.6 is 0 Å². The lowest BCUT2D eigenvalue weighted by atomic mass is 10.1. The van der Waals surface area contributed by atoms with Crippen LogP contribution in [-0.4, -0.2) is 44.9 Å². The Morgan fingerprint density at radius 3 is 2.62 bits per heavy atom. The summed E-state index contributed by atoms with van der Waals surface area (Å²) in [4.78, 5) is 12.2. The van der Waals surface area contributed by atoms with Gasteiger partial charge in [-0.05, 0) is 31.0 Å². The lowest BCUT2D eigenvalue weighted by molar-refractivity contribution is -0.116. The molecule has 1 aromatic carbocycles. The van der Waals surface area contributed by atoms with Crippen LogP contribution in [0.5, 0.6) is 0 Å². The molecular formula is C17H26N2O4S. The molecule has 0 unspecified atom stereocenters. The Labute approximate surface area is 144 Å². The second kappa shape index (κ2) is 8.60. The third-order valence-electron chi connectivity index (χ3n) is 4.10. The molecule has 134 valence electrons. The molecule has 1 aliphatic rings. The van der Waals surface area contributed by atoms with Gasteiger partial charge in [0.1, 0.15) is 0 Å². The first-order valence-electron chi connectivity index (χ1n) is 8.43. The van der Waals surface area contributed by atoms with E-state index in [2.05, 4.69) is 12.2 Å². The molecule has 0 radical (unpaired) electrons.